The molecule has 94 valence electrons. The second-order valence-electron chi connectivity index (χ2n) is 3.41. The molecule has 2 aromatic rings. The van der Waals surface area contributed by atoms with Gasteiger partial charge in [-0.3, -0.25) is 4.79 Å². The van der Waals surface area contributed by atoms with E-state index in [4.69, 9.17) is 20.8 Å². The second kappa shape index (κ2) is 5.46. The van der Waals surface area contributed by atoms with E-state index in [1.54, 1.807) is 30.3 Å². The van der Waals surface area contributed by atoms with Gasteiger partial charge in [-0.1, -0.05) is 11.6 Å². The summed E-state index contributed by atoms with van der Waals surface area (Å²) in [5.41, 5.74) is 0.568. The Morgan fingerprint density at radius 3 is 2.72 bits per heavy atom. The fourth-order valence-electron chi connectivity index (χ4n) is 1.37. The van der Waals surface area contributed by atoms with Gasteiger partial charge in [-0.2, -0.15) is 0 Å². The molecule has 0 radical (unpaired) electrons. The molecule has 1 heterocycles. The smallest absolute Gasteiger partial charge is 0.291 e. The second-order valence-corrected chi connectivity index (χ2v) is 4.60. The minimum Gasteiger partial charge on any atom is -0.495 e. The Balaban J connectivity index is 2.14. The molecule has 1 aromatic heterocycles. The van der Waals surface area contributed by atoms with Gasteiger partial charge in [0.2, 0.25) is 0 Å². The lowest BCUT2D eigenvalue weighted by atomic mass is 10.3. The first-order chi connectivity index (χ1) is 8.60. The Labute approximate surface area is 117 Å². The Bertz CT molecular complexity index is 582. The van der Waals surface area contributed by atoms with Gasteiger partial charge in [0.25, 0.3) is 5.91 Å². The van der Waals surface area contributed by atoms with E-state index in [9.17, 15) is 4.79 Å². The highest BCUT2D eigenvalue weighted by molar-refractivity contribution is 9.10. The van der Waals surface area contributed by atoms with Crippen LogP contribution in [0.2, 0.25) is 5.02 Å². The number of carbonyl (C=O) groups excluding carboxylic acids is 1. The van der Waals surface area contributed by atoms with Gasteiger partial charge >= 0.3 is 0 Å². The van der Waals surface area contributed by atoms with E-state index < -0.39 is 0 Å². The number of amides is 1. The molecule has 6 heteroatoms. The molecule has 1 aromatic carbocycles. The van der Waals surface area contributed by atoms with E-state index in [0.29, 0.717) is 21.1 Å². The first kappa shape index (κ1) is 13.0. The van der Waals surface area contributed by atoms with Crippen LogP contribution >= 0.6 is 27.5 Å². The van der Waals surface area contributed by atoms with Crippen LogP contribution in [0.1, 0.15) is 10.6 Å². The third-order valence-electron chi connectivity index (χ3n) is 2.21. The zero-order valence-electron chi connectivity index (χ0n) is 9.37. The van der Waals surface area contributed by atoms with Crippen LogP contribution in [0.3, 0.4) is 0 Å². The van der Waals surface area contributed by atoms with E-state index in [1.165, 1.54) is 7.11 Å². The van der Waals surface area contributed by atoms with Crippen molar-refractivity contribution in [3.63, 3.8) is 0 Å². The number of benzene rings is 1. The van der Waals surface area contributed by atoms with Crippen molar-refractivity contribution in [2.45, 2.75) is 0 Å². The van der Waals surface area contributed by atoms with Gasteiger partial charge in [0, 0.05) is 5.69 Å². The lowest BCUT2D eigenvalue weighted by Crippen LogP contribution is -2.10. The molecular formula is C12H9BrClNO3. The Morgan fingerprint density at radius 1 is 1.39 bits per heavy atom. The molecule has 0 atom stereocenters. The van der Waals surface area contributed by atoms with E-state index >= 15 is 0 Å². The molecule has 0 saturated carbocycles. The fourth-order valence-corrected chi connectivity index (χ4v) is 1.94. The third kappa shape index (κ3) is 2.86. The van der Waals surface area contributed by atoms with Crippen molar-refractivity contribution in [3.05, 3.63) is 45.8 Å². The van der Waals surface area contributed by atoms with Crippen molar-refractivity contribution in [2.75, 3.05) is 12.4 Å². The number of nitrogens with one attached hydrogen (secondary N) is 1. The highest BCUT2D eigenvalue weighted by Gasteiger charge is 2.11. The average Bonchev–Trinajstić information content (AvgIpc) is 2.76. The summed E-state index contributed by atoms with van der Waals surface area (Å²) < 4.78 is 10.7. The van der Waals surface area contributed by atoms with Gasteiger partial charge in [0.05, 0.1) is 12.1 Å². The highest BCUT2D eigenvalue weighted by Crippen LogP contribution is 2.27. The topological polar surface area (TPSA) is 51.5 Å². The Kier molecular flexibility index (Phi) is 3.93. The van der Waals surface area contributed by atoms with Gasteiger partial charge in [-0.15, -0.1) is 0 Å². The number of carbonyl (C=O) groups is 1. The van der Waals surface area contributed by atoms with Gasteiger partial charge < -0.3 is 14.5 Å². The summed E-state index contributed by atoms with van der Waals surface area (Å²) in [7, 11) is 1.53. The molecule has 0 fully saturated rings. The van der Waals surface area contributed by atoms with Crippen LogP contribution in [0.4, 0.5) is 5.69 Å². The van der Waals surface area contributed by atoms with E-state index in [2.05, 4.69) is 21.2 Å². The molecule has 0 spiro atoms. The van der Waals surface area contributed by atoms with Gasteiger partial charge in [0.1, 0.15) is 5.75 Å². The molecule has 18 heavy (non-hydrogen) atoms. The van der Waals surface area contributed by atoms with Crippen LogP contribution in [-0.2, 0) is 0 Å². The van der Waals surface area contributed by atoms with E-state index in [0.717, 1.165) is 0 Å². The number of methoxy groups -OCH3 is 1. The molecule has 4 nitrogen and oxygen atoms in total. The minimum atomic E-state index is -0.345. The maximum Gasteiger partial charge on any atom is 0.291 e. The summed E-state index contributed by atoms with van der Waals surface area (Å²) in [6.45, 7) is 0. The van der Waals surface area contributed by atoms with E-state index in [-0.39, 0.29) is 11.7 Å². The number of hydrogen-bond donors (Lipinski definition) is 1. The van der Waals surface area contributed by atoms with Crippen LogP contribution in [-0.4, -0.2) is 13.0 Å². The predicted molar refractivity (Wildman–Crippen MR) is 72.4 cm³/mol. The summed E-state index contributed by atoms with van der Waals surface area (Å²) in [6.07, 6.45) is 0. The number of rotatable bonds is 3. The molecule has 0 bridgehead atoms. The van der Waals surface area contributed by atoms with Crippen LogP contribution in [0.15, 0.2) is 39.4 Å². The van der Waals surface area contributed by atoms with Crippen molar-refractivity contribution < 1.29 is 13.9 Å². The number of anilines is 1. The van der Waals surface area contributed by atoms with Crippen molar-refractivity contribution in [1.82, 2.24) is 0 Å². The molecule has 0 aliphatic rings. The molecule has 1 N–H and O–H groups in total. The summed E-state index contributed by atoms with van der Waals surface area (Å²) in [5.74, 6) is 0.422. The largest absolute Gasteiger partial charge is 0.495 e. The van der Waals surface area contributed by atoms with Crippen LogP contribution in [0.5, 0.6) is 5.75 Å². The number of furan rings is 1. The average molecular weight is 331 g/mol. The van der Waals surface area contributed by atoms with Crippen LogP contribution in [0.25, 0.3) is 0 Å². The Hall–Kier alpha value is -1.46. The van der Waals surface area contributed by atoms with Gasteiger partial charge in [0.15, 0.2) is 10.4 Å². The van der Waals surface area contributed by atoms with Crippen LogP contribution < -0.4 is 10.1 Å². The predicted octanol–water partition coefficient (Wildman–Crippen LogP) is 3.96. The lowest BCUT2D eigenvalue weighted by Gasteiger charge is -2.06. The summed E-state index contributed by atoms with van der Waals surface area (Å²) in [4.78, 5) is 11.8. The van der Waals surface area contributed by atoms with Crippen molar-refractivity contribution in [3.8, 4) is 5.75 Å². The zero-order valence-corrected chi connectivity index (χ0v) is 11.7. The third-order valence-corrected chi connectivity index (χ3v) is 2.93. The molecule has 0 saturated heterocycles. The highest BCUT2D eigenvalue weighted by atomic mass is 79.9. The molecule has 0 aliphatic heterocycles. The minimum absolute atomic E-state index is 0.216. The van der Waals surface area contributed by atoms with Crippen molar-refractivity contribution in [2.24, 2.45) is 0 Å². The molecule has 1 amide bonds. The summed E-state index contributed by atoms with van der Waals surface area (Å²) in [6, 6.07) is 8.20. The fraction of sp³-hybridized carbons (Fsp3) is 0.0833. The number of hydrogen-bond acceptors (Lipinski definition) is 3. The van der Waals surface area contributed by atoms with Crippen molar-refractivity contribution >= 4 is 39.1 Å². The first-order valence-electron chi connectivity index (χ1n) is 5.00. The standard InChI is InChI=1S/C12H9BrClNO3/c1-17-9-3-2-7(6-8(9)14)15-12(16)10-4-5-11(13)18-10/h2-6H,1H3,(H,15,16). The maximum atomic E-state index is 11.8. The lowest BCUT2D eigenvalue weighted by molar-refractivity contribution is 0.0995. The van der Waals surface area contributed by atoms with Crippen LogP contribution in [0, 0.1) is 0 Å². The maximum absolute atomic E-state index is 11.8. The number of halogens is 2. The molecular weight excluding hydrogens is 321 g/mol. The van der Waals surface area contributed by atoms with Gasteiger partial charge in [-0.25, -0.2) is 0 Å². The van der Waals surface area contributed by atoms with Gasteiger partial charge in [-0.05, 0) is 46.3 Å². The Morgan fingerprint density at radius 2 is 2.17 bits per heavy atom. The van der Waals surface area contributed by atoms with Crippen molar-refractivity contribution in [1.29, 1.82) is 0 Å². The number of ether oxygens (including phenoxy) is 1. The monoisotopic (exact) mass is 329 g/mol. The summed E-state index contributed by atoms with van der Waals surface area (Å²) >= 11 is 9.09. The first-order valence-corrected chi connectivity index (χ1v) is 6.17. The molecule has 0 aliphatic carbocycles. The molecule has 0 unspecified atom stereocenters. The zero-order chi connectivity index (χ0) is 13.1. The molecule has 2 rings (SSSR count). The quantitative estimate of drug-likeness (QED) is 0.927. The summed E-state index contributed by atoms with van der Waals surface area (Å²) in [5, 5.41) is 3.10. The van der Waals surface area contributed by atoms with E-state index in [1.807, 2.05) is 0 Å². The SMILES string of the molecule is COc1ccc(NC(=O)c2ccc(Br)o2)cc1Cl. The normalized spacial score (nSPS) is 10.2.